The lowest BCUT2D eigenvalue weighted by Crippen LogP contribution is -2.40. The molecule has 0 aromatic carbocycles. The number of aliphatic hydroxyl groups excluding tert-OH is 1. The topological polar surface area (TPSA) is 78.8 Å². The van der Waals surface area contributed by atoms with E-state index in [1.807, 2.05) is 9.80 Å². The first kappa shape index (κ1) is 16.0. The highest BCUT2D eigenvalue weighted by atomic mass is 16.3. The van der Waals surface area contributed by atoms with Gasteiger partial charge in [0.25, 0.3) is 0 Å². The Morgan fingerprint density at radius 2 is 1.65 bits per heavy atom. The average Bonchev–Trinajstić information content (AvgIpc) is 2.36. The smallest absolute Gasteiger partial charge is 0.0893 e. The van der Waals surface area contributed by atoms with Gasteiger partial charge in [-0.3, -0.25) is 0 Å². The lowest BCUT2D eigenvalue weighted by molar-refractivity contribution is 0.114. The molecule has 0 aliphatic rings. The van der Waals surface area contributed by atoms with Gasteiger partial charge < -0.3 is 26.4 Å². The molecule has 100 valence electrons. The van der Waals surface area contributed by atoms with Crippen LogP contribution in [0.2, 0.25) is 0 Å². The number of rotatable bonds is 10. The third-order valence-corrected chi connectivity index (χ3v) is 2.55. The van der Waals surface area contributed by atoms with Crippen molar-refractivity contribution in [1.82, 2.24) is 9.80 Å². The van der Waals surface area contributed by atoms with Gasteiger partial charge in [-0.15, -0.1) is 0 Å². The molecule has 0 spiro atoms. The molecule has 0 aliphatic carbocycles. The fourth-order valence-corrected chi connectivity index (χ4v) is 1.43. The van der Waals surface area contributed by atoms with E-state index in [4.69, 9.17) is 11.5 Å². The van der Waals surface area contributed by atoms with Crippen LogP contribution in [0.1, 0.15) is 6.92 Å². The van der Waals surface area contributed by atoms with Crippen LogP contribution in [0.3, 0.4) is 0 Å². The van der Waals surface area contributed by atoms with Gasteiger partial charge in [0.1, 0.15) is 0 Å². The molecule has 0 aliphatic heterocycles. The van der Waals surface area contributed by atoms with Crippen LogP contribution in [-0.4, -0.2) is 53.9 Å². The molecule has 0 radical (unpaired) electrons. The van der Waals surface area contributed by atoms with Crippen molar-refractivity contribution in [3.8, 4) is 0 Å². The monoisotopic (exact) mass is 242 g/mol. The van der Waals surface area contributed by atoms with Crippen LogP contribution < -0.4 is 11.5 Å². The van der Waals surface area contributed by atoms with E-state index in [2.05, 4.69) is 20.1 Å². The first-order chi connectivity index (χ1) is 8.07. The first-order valence-corrected chi connectivity index (χ1v) is 5.88. The third kappa shape index (κ3) is 6.99. The van der Waals surface area contributed by atoms with E-state index in [9.17, 15) is 5.11 Å². The molecule has 0 heterocycles. The Morgan fingerprint density at radius 3 is 2.06 bits per heavy atom. The fourth-order valence-electron chi connectivity index (χ4n) is 1.43. The van der Waals surface area contributed by atoms with Crippen molar-refractivity contribution >= 4 is 0 Å². The summed E-state index contributed by atoms with van der Waals surface area (Å²) in [5.74, 6) is 0.402. The Balaban J connectivity index is 4.21. The third-order valence-electron chi connectivity index (χ3n) is 2.55. The first-order valence-electron chi connectivity index (χ1n) is 5.88. The van der Waals surface area contributed by atoms with Crippen LogP contribution in [0, 0.1) is 5.92 Å². The Hall–Kier alpha value is -1.04. The zero-order valence-corrected chi connectivity index (χ0v) is 10.8. The molecule has 0 aromatic rings. The minimum absolute atomic E-state index is 0.248. The highest BCUT2D eigenvalue weighted by Gasteiger charge is 2.10. The van der Waals surface area contributed by atoms with E-state index in [0.29, 0.717) is 25.7 Å². The molecule has 5 heteroatoms. The van der Waals surface area contributed by atoms with Crippen molar-refractivity contribution in [1.29, 1.82) is 0 Å². The van der Waals surface area contributed by atoms with Gasteiger partial charge in [0, 0.05) is 19.6 Å². The molecule has 0 saturated heterocycles. The summed E-state index contributed by atoms with van der Waals surface area (Å²) in [5.41, 5.74) is 11.0. The van der Waals surface area contributed by atoms with Gasteiger partial charge in [-0.25, -0.2) is 0 Å². The van der Waals surface area contributed by atoms with Crippen molar-refractivity contribution in [3.05, 3.63) is 25.6 Å². The molecule has 5 nitrogen and oxygen atoms in total. The predicted octanol–water partition coefficient (Wildman–Crippen LogP) is -0.251. The summed E-state index contributed by atoms with van der Waals surface area (Å²) in [6, 6.07) is 0. The van der Waals surface area contributed by atoms with Crippen molar-refractivity contribution in [2.24, 2.45) is 17.4 Å². The van der Waals surface area contributed by atoms with Gasteiger partial charge >= 0.3 is 0 Å². The maximum absolute atomic E-state index is 9.49. The van der Waals surface area contributed by atoms with Crippen molar-refractivity contribution < 1.29 is 5.11 Å². The van der Waals surface area contributed by atoms with Crippen LogP contribution in [0.25, 0.3) is 0 Å². The highest BCUT2D eigenvalue weighted by molar-refractivity contribution is 4.79. The molecule has 5 N–H and O–H groups in total. The maximum atomic E-state index is 9.49. The minimum Gasteiger partial charge on any atom is -0.390 e. The summed E-state index contributed by atoms with van der Waals surface area (Å²) < 4.78 is 0. The van der Waals surface area contributed by atoms with E-state index in [0.717, 1.165) is 6.54 Å². The second-order valence-corrected chi connectivity index (χ2v) is 4.28. The standard InChI is InChI=1S/C12H26N4O/c1-4-15(8-11(3)6-13)10-16(5-2)9-12(17)7-14/h4-5,11-12,17H,1-2,6-10,13-14H2,3H3. The van der Waals surface area contributed by atoms with Crippen molar-refractivity contribution in [3.63, 3.8) is 0 Å². The summed E-state index contributed by atoms with van der Waals surface area (Å²) in [6.45, 7) is 12.4. The van der Waals surface area contributed by atoms with E-state index in [1.54, 1.807) is 12.4 Å². The van der Waals surface area contributed by atoms with Crippen LogP contribution >= 0.6 is 0 Å². The van der Waals surface area contributed by atoms with Gasteiger partial charge in [0.15, 0.2) is 0 Å². The molecule has 0 amide bonds. The number of nitrogens with two attached hydrogens (primary N) is 2. The van der Waals surface area contributed by atoms with E-state index >= 15 is 0 Å². The van der Waals surface area contributed by atoms with E-state index < -0.39 is 6.10 Å². The molecule has 0 aromatic heterocycles. The zero-order chi connectivity index (χ0) is 13.3. The number of hydrogen-bond acceptors (Lipinski definition) is 5. The van der Waals surface area contributed by atoms with Crippen LogP contribution in [-0.2, 0) is 0 Å². The number of hydrogen-bond donors (Lipinski definition) is 3. The highest BCUT2D eigenvalue weighted by Crippen LogP contribution is 2.02. The zero-order valence-electron chi connectivity index (χ0n) is 10.8. The summed E-state index contributed by atoms with van der Waals surface area (Å²) >= 11 is 0. The molecule has 0 fully saturated rings. The fraction of sp³-hybridized carbons (Fsp3) is 0.667. The maximum Gasteiger partial charge on any atom is 0.0893 e. The second kappa shape index (κ2) is 9.04. The SMILES string of the molecule is C=CN(CC(C)CN)CN(C=C)CC(O)CN. The number of aliphatic hydroxyl groups is 1. The molecule has 17 heavy (non-hydrogen) atoms. The molecule has 0 bridgehead atoms. The Morgan fingerprint density at radius 1 is 1.12 bits per heavy atom. The van der Waals surface area contributed by atoms with Crippen LogP contribution in [0.5, 0.6) is 0 Å². The van der Waals surface area contributed by atoms with Crippen LogP contribution in [0.4, 0.5) is 0 Å². The van der Waals surface area contributed by atoms with Gasteiger partial charge in [-0.2, -0.15) is 0 Å². The van der Waals surface area contributed by atoms with Crippen molar-refractivity contribution in [2.45, 2.75) is 13.0 Å². The van der Waals surface area contributed by atoms with Crippen LogP contribution in [0.15, 0.2) is 25.6 Å². The summed E-state index contributed by atoms with van der Waals surface area (Å²) in [7, 11) is 0. The van der Waals surface area contributed by atoms with E-state index in [-0.39, 0.29) is 6.54 Å². The van der Waals surface area contributed by atoms with Gasteiger partial charge in [0.05, 0.1) is 12.8 Å². The molecule has 0 rings (SSSR count). The molecule has 2 atom stereocenters. The molecular formula is C12H26N4O. The normalized spacial score (nSPS) is 13.9. The summed E-state index contributed by atoms with van der Waals surface area (Å²) in [4.78, 5) is 3.95. The largest absolute Gasteiger partial charge is 0.390 e. The van der Waals surface area contributed by atoms with E-state index in [1.165, 1.54) is 0 Å². The lowest BCUT2D eigenvalue weighted by atomic mass is 10.2. The molecule has 2 unspecified atom stereocenters. The Bertz CT molecular complexity index is 201. The second-order valence-electron chi connectivity index (χ2n) is 4.28. The average molecular weight is 242 g/mol. The Kier molecular flexibility index (Phi) is 8.49. The van der Waals surface area contributed by atoms with Gasteiger partial charge in [-0.05, 0) is 24.9 Å². The minimum atomic E-state index is -0.536. The van der Waals surface area contributed by atoms with Gasteiger partial charge in [-0.1, -0.05) is 20.1 Å². The van der Waals surface area contributed by atoms with Gasteiger partial charge in [0.2, 0.25) is 0 Å². The predicted molar refractivity (Wildman–Crippen MR) is 72.0 cm³/mol. The Labute approximate surface area is 104 Å². The van der Waals surface area contributed by atoms with Crippen molar-refractivity contribution in [2.75, 3.05) is 32.8 Å². The molecular weight excluding hydrogens is 216 g/mol. The summed E-state index contributed by atoms with van der Waals surface area (Å²) in [5, 5.41) is 9.49. The number of nitrogens with zero attached hydrogens (tertiary/aromatic N) is 2. The lowest BCUT2D eigenvalue weighted by Gasteiger charge is -2.31. The quantitative estimate of drug-likeness (QED) is 0.460. The molecule has 0 saturated carbocycles. The summed E-state index contributed by atoms with van der Waals surface area (Å²) in [6.07, 6.45) is 2.94.